The summed E-state index contributed by atoms with van der Waals surface area (Å²) in [5.41, 5.74) is 6.17. The highest BCUT2D eigenvalue weighted by atomic mass is 35.5. The van der Waals surface area contributed by atoms with Gasteiger partial charge in [-0.15, -0.1) is 12.4 Å². The number of rotatable bonds is 6. The summed E-state index contributed by atoms with van der Waals surface area (Å²) in [5, 5.41) is 5.56. The average Bonchev–Trinajstić information content (AvgIpc) is 2.91. The number of carbonyl (C=O) groups is 3. The van der Waals surface area contributed by atoms with Gasteiger partial charge in [0.1, 0.15) is 12.1 Å². The molecule has 154 valence electrons. The van der Waals surface area contributed by atoms with Gasteiger partial charge in [-0.2, -0.15) is 0 Å². The molecule has 1 saturated carbocycles. The van der Waals surface area contributed by atoms with E-state index >= 15 is 0 Å². The molecule has 1 aliphatic heterocycles. The summed E-state index contributed by atoms with van der Waals surface area (Å²) in [4.78, 5) is 38.4. The second-order valence-electron chi connectivity index (χ2n) is 7.58. The van der Waals surface area contributed by atoms with Crippen molar-refractivity contribution in [1.82, 2.24) is 15.5 Å². The molecule has 4 amide bonds. The van der Waals surface area contributed by atoms with Crippen molar-refractivity contribution in [1.29, 1.82) is 0 Å². The summed E-state index contributed by atoms with van der Waals surface area (Å²) in [6.45, 7) is 2.12. The molecule has 2 aliphatic rings. The first-order chi connectivity index (χ1) is 12.9. The molecule has 1 heterocycles. The van der Waals surface area contributed by atoms with Crippen molar-refractivity contribution in [2.45, 2.75) is 50.6 Å². The van der Waals surface area contributed by atoms with E-state index in [1.54, 1.807) is 0 Å². The first-order valence-electron chi connectivity index (χ1n) is 9.66. The van der Waals surface area contributed by atoms with Gasteiger partial charge in [0, 0.05) is 12.6 Å². The Morgan fingerprint density at radius 1 is 1.29 bits per heavy atom. The minimum atomic E-state index is -0.816. The highest BCUT2D eigenvalue weighted by Gasteiger charge is 2.52. The second kappa shape index (κ2) is 9.39. The average molecular weight is 409 g/mol. The molecule has 2 fully saturated rings. The van der Waals surface area contributed by atoms with Crippen LogP contribution in [0.4, 0.5) is 4.79 Å². The van der Waals surface area contributed by atoms with Crippen molar-refractivity contribution in [2.24, 2.45) is 11.7 Å². The van der Waals surface area contributed by atoms with E-state index < -0.39 is 11.6 Å². The molecule has 1 atom stereocenters. The summed E-state index contributed by atoms with van der Waals surface area (Å²) in [6.07, 6.45) is 4.23. The SMILES string of the molecule is CCC1CCC2(CC1)NC(=O)N(CC(=O)NCC(N)c1ccccc1)C2=O.Cl. The summed E-state index contributed by atoms with van der Waals surface area (Å²) in [6, 6.07) is 8.64. The Morgan fingerprint density at radius 3 is 2.54 bits per heavy atom. The number of imide groups is 1. The highest BCUT2D eigenvalue weighted by Crippen LogP contribution is 2.37. The van der Waals surface area contributed by atoms with Crippen molar-refractivity contribution in [3.05, 3.63) is 35.9 Å². The highest BCUT2D eigenvalue weighted by molar-refractivity contribution is 6.09. The monoisotopic (exact) mass is 408 g/mol. The number of halogens is 1. The smallest absolute Gasteiger partial charge is 0.325 e. The zero-order valence-electron chi connectivity index (χ0n) is 16.1. The van der Waals surface area contributed by atoms with Crippen LogP contribution in [0.1, 0.15) is 50.6 Å². The quantitative estimate of drug-likeness (QED) is 0.627. The molecule has 1 spiro atoms. The van der Waals surface area contributed by atoms with Crippen LogP contribution in [-0.4, -0.2) is 41.4 Å². The molecule has 1 saturated heterocycles. The summed E-state index contributed by atoms with van der Waals surface area (Å²) in [7, 11) is 0. The molecule has 4 N–H and O–H groups in total. The van der Waals surface area contributed by atoms with E-state index in [0.29, 0.717) is 18.8 Å². The van der Waals surface area contributed by atoms with Gasteiger partial charge in [-0.05, 0) is 37.2 Å². The lowest BCUT2D eigenvalue weighted by molar-refractivity contribution is -0.136. The minimum Gasteiger partial charge on any atom is -0.353 e. The van der Waals surface area contributed by atoms with E-state index in [9.17, 15) is 14.4 Å². The fourth-order valence-electron chi connectivity index (χ4n) is 3.98. The maximum atomic E-state index is 12.8. The number of nitrogens with two attached hydrogens (primary N) is 1. The molecule has 7 nitrogen and oxygen atoms in total. The standard InChI is InChI=1S/C20H28N4O3.ClH/c1-2-14-8-10-20(11-9-14)18(26)24(19(27)23-20)13-17(25)22-12-16(21)15-6-4-3-5-7-15;/h3-7,14,16H,2,8-13,21H2,1H3,(H,22,25)(H,23,27);1H. The van der Waals surface area contributed by atoms with Gasteiger partial charge in [-0.25, -0.2) is 4.79 Å². The molecular formula is C20H29ClN4O3. The fraction of sp³-hybridized carbons (Fsp3) is 0.550. The Hall–Kier alpha value is -2.12. The third-order valence-corrected chi connectivity index (χ3v) is 5.83. The maximum absolute atomic E-state index is 12.8. The molecule has 1 aliphatic carbocycles. The van der Waals surface area contributed by atoms with Crippen LogP contribution >= 0.6 is 12.4 Å². The van der Waals surface area contributed by atoms with Gasteiger partial charge < -0.3 is 16.4 Å². The third kappa shape index (κ3) is 4.64. The number of nitrogens with zero attached hydrogens (tertiary/aromatic N) is 1. The van der Waals surface area contributed by atoms with Crippen molar-refractivity contribution in [3.63, 3.8) is 0 Å². The van der Waals surface area contributed by atoms with Crippen molar-refractivity contribution >= 4 is 30.3 Å². The zero-order chi connectivity index (χ0) is 19.4. The van der Waals surface area contributed by atoms with Crippen LogP contribution in [0.25, 0.3) is 0 Å². The summed E-state index contributed by atoms with van der Waals surface area (Å²) < 4.78 is 0. The lowest BCUT2D eigenvalue weighted by atomic mass is 9.75. The predicted molar refractivity (Wildman–Crippen MR) is 109 cm³/mol. The number of hydrogen-bond acceptors (Lipinski definition) is 4. The van der Waals surface area contributed by atoms with Crippen LogP contribution in [0.5, 0.6) is 0 Å². The van der Waals surface area contributed by atoms with E-state index in [0.717, 1.165) is 29.7 Å². The molecule has 0 aromatic heterocycles. The Bertz CT molecular complexity index is 705. The molecule has 0 bridgehead atoms. The maximum Gasteiger partial charge on any atom is 0.325 e. The van der Waals surface area contributed by atoms with E-state index in [2.05, 4.69) is 17.6 Å². The van der Waals surface area contributed by atoms with E-state index in [1.807, 2.05) is 30.3 Å². The van der Waals surface area contributed by atoms with Gasteiger partial charge in [-0.3, -0.25) is 14.5 Å². The predicted octanol–water partition coefficient (Wildman–Crippen LogP) is 2.12. The van der Waals surface area contributed by atoms with Crippen LogP contribution in [-0.2, 0) is 9.59 Å². The van der Waals surface area contributed by atoms with Crippen LogP contribution in [0.2, 0.25) is 0 Å². The summed E-state index contributed by atoms with van der Waals surface area (Å²) in [5.74, 6) is -0.0501. The topological polar surface area (TPSA) is 105 Å². The number of benzene rings is 1. The fourth-order valence-corrected chi connectivity index (χ4v) is 3.98. The second-order valence-corrected chi connectivity index (χ2v) is 7.58. The van der Waals surface area contributed by atoms with Gasteiger partial charge in [0.2, 0.25) is 5.91 Å². The van der Waals surface area contributed by atoms with E-state index in [1.165, 1.54) is 0 Å². The van der Waals surface area contributed by atoms with Crippen LogP contribution in [0.3, 0.4) is 0 Å². The van der Waals surface area contributed by atoms with Crippen molar-refractivity contribution < 1.29 is 14.4 Å². The van der Waals surface area contributed by atoms with E-state index in [4.69, 9.17) is 5.73 Å². The third-order valence-electron chi connectivity index (χ3n) is 5.83. The molecule has 1 aromatic rings. The molecular weight excluding hydrogens is 380 g/mol. The first kappa shape index (κ1) is 22.2. The number of carbonyl (C=O) groups excluding carboxylic acids is 3. The molecule has 1 aromatic carbocycles. The van der Waals surface area contributed by atoms with Gasteiger partial charge in [0.25, 0.3) is 5.91 Å². The number of hydrogen-bond donors (Lipinski definition) is 3. The van der Waals surface area contributed by atoms with Crippen LogP contribution in [0.15, 0.2) is 30.3 Å². The van der Waals surface area contributed by atoms with Crippen LogP contribution in [0, 0.1) is 5.92 Å². The Morgan fingerprint density at radius 2 is 1.93 bits per heavy atom. The van der Waals surface area contributed by atoms with Crippen molar-refractivity contribution in [3.8, 4) is 0 Å². The minimum absolute atomic E-state index is 0. The molecule has 3 rings (SSSR count). The normalized spacial score (nSPS) is 25.2. The number of urea groups is 1. The molecule has 8 heteroatoms. The van der Waals surface area contributed by atoms with Gasteiger partial charge in [0.15, 0.2) is 0 Å². The van der Waals surface area contributed by atoms with Gasteiger partial charge >= 0.3 is 6.03 Å². The van der Waals surface area contributed by atoms with E-state index in [-0.39, 0.29) is 43.4 Å². The van der Waals surface area contributed by atoms with Gasteiger partial charge in [-0.1, -0.05) is 43.7 Å². The Balaban J connectivity index is 0.00000280. The lowest BCUT2D eigenvalue weighted by Crippen LogP contribution is -2.50. The molecule has 28 heavy (non-hydrogen) atoms. The first-order valence-corrected chi connectivity index (χ1v) is 9.66. The Kier molecular flexibility index (Phi) is 7.43. The molecule has 0 radical (unpaired) electrons. The van der Waals surface area contributed by atoms with Crippen molar-refractivity contribution in [2.75, 3.05) is 13.1 Å². The zero-order valence-corrected chi connectivity index (χ0v) is 17.0. The number of amides is 4. The lowest BCUT2D eigenvalue weighted by Gasteiger charge is -2.34. The summed E-state index contributed by atoms with van der Waals surface area (Å²) >= 11 is 0. The van der Waals surface area contributed by atoms with Gasteiger partial charge in [0.05, 0.1) is 0 Å². The molecule has 1 unspecified atom stereocenters. The van der Waals surface area contributed by atoms with Crippen LogP contribution < -0.4 is 16.4 Å². The number of nitrogens with one attached hydrogen (secondary N) is 2. The Labute approximate surface area is 171 Å². The largest absolute Gasteiger partial charge is 0.353 e.